The van der Waals surface area contributed by atoms with Crippen LogP contribution in [0.5, 0.6) is 0 Å². The maximum atomic E-state index is 5.68. The van der Waals surface area contributed by atoms with E-state index in [0.717, 1.165) is 32.7 Å². The Hall–Kier alpha value is -0.120. The van der Waals surface area contributed by atoms with Crippen LogP contribution in [0, 0.1) is 0 Å². The van der Waals surface area contributed by atoms with E-state index in [1.54, 1.807) is 0 Å². The Balaban J connectivity index is 1.93. The van der Waals surface area contributed by atoms with Crippen molar-refractivity contribution in [1.82, 2.24) is 5.32 Å². The summed E-state index contributed by atoms with van der Waals surface area (Å²) in [4.78, 5) is 0. The molecule has 1 saturated heterocycles. The number of ether oxygens (including phenoxy) is 2. The normalized spacial score (nSPS) is 24.0. The largest absolute Gasteiger partial charge is 0.376 e. The van der Waals surface area contributed by atoms with Gasteiger partial charge in [0.1, 0.15) is 0 Å². The van der Waals surface area contributed by atoms with E-state index < -0.39 is 0 Å². The van der Waals surface area contributed by atoms with Crippen molar-refractivity contribution in [2.75, 3.05) is 26.3 Å². The van der Waals surface area contributed by atoms with Crippen molar-refractivity contribution in [3.63, 3.8) is 0 Å². The molecule has 0 aromatic carbocycles. The summed E-state index contributed by atoms with van der Waals surface area (Å²) in [5, 5.41) is 3.34. The molecule has 0 amide bonds. The van der Waals surface area contributed by atoms with Crippen molar-refractivity contribution in [3.05, 3.63) is 0 Å². The summed E-state index contributed by atoms with van der Waals surface area (Å²) in [6, 6.07) is 0. The molecule has 1 rings (SSSR count). The molecule has 0 aromatic heterocycles. The predicted molar refractivity (Wildman–Crippen MR) is 57.5 cm³/mol. The summed E-state index contributed by atoms with van der Waals surface area (Å²) < 4.78 is 11.2. The van der Waals surface area contributed by atoms with E-state index in [4.69, 9.17) is 9.47 Å². The van der Waals surface area contributed by atoms with Gasteiger partial charge in [-0.05, 0) is 32.7 Å². The summed E-state index contributed by atoms with van der Waals surface area (Å²) in [5.41, 5.74) is 0. The third-order valence-electron chi connectivity index (χ3n) is 2.45. The first-order valence-electron chi connectivity index (χ1n) is 5.77. The molecule has 0 radical (unpaired) electrons. The van der Waals surface area contributed by atoms with Crippen LogP contribution < -0.4 is 5.32 Å². The van der Waals surface area contributed by atoms with Crippen molar-refractivity contribution in [2.45, 2.75) is 45.3 Å². The number of hydrogen-bond acceptors (Lipinski definition) is 3. The second-order valence-electron chi connectivity index (χ2n) is 3.98. The van der Waals surface area contributed by atoms with Gasteiger partial charge < -0.3 is 14.8 Å². The highest BCUT2D eigenvalue weighted by Crippen LogP contribution is 2.12. The zero-order valence-corrected chi connectivity index (χ0v) is 9.42. The maximum Gasteiger partial charge on any atom is 0.0809 e. The Labute approximate surface area is 87.2 Å². The van der Waals surface area contributed by atoms with Gasteiger partial charge in [-0.3, -0.25) is 0 Å². The predicted octanol–water partition coefficient (Wildman–Crippen LogP) is 1.57. The minimum atomic E-state index is 0.297. The molecule has 0 aromatic rings. The summed E-state index contributed by atoms with van der Waals surface area (Å²) >= 11 is 0. The van der Waals surface area contributed by atoms with Crippen LogP contribution in [-0.4, -0.2) is 38.5 Å². The van der Waals surface area contributed by atoms with E-state index in [-0.39, 0.29) is 0 Å². The second-order valence-corrected chi connectivity index (χ2v) is 3.98. The van der Waals surface area contributed by atoms with Gasteiger partial charge in [0.25, 0.3) is 0 Å². The van der Waals surface area contributed by atoms with E-state index in [1.165, 1.54) is 12.8 Å². The van der Waals surface area contributed by atoms with Crippen LogP contribution >= 0.6 is 0 Å². The van der Waals surface area contributed by atoms with Gasteiger partial charge >= 0.3 is 0 Å². The Bertz CT molecular complexity index is 135. The molecule has 0 aliphatic carbocycles. The Kier molecular flexibility index (Phi) is 6.15. The highest BCUT2D eigenvalue weighted by molar-refractivity contribution is 4.65. The van der Waals surface area contributed by atoms with Crippen molar-refractivity contribution < 1.29 is 9.47 Å². The van der Waals surface area contributed by atoms with Crippen LogP contribution in [0.3, 0.4) is 0 Å². The fourth-order valence-corrected chi connectivity index (χ4v) is 1.59. The molecule has 3 nitrogen and oxygen atoms in total. The molecule has 3 heteroatoms. The van der Waals surface area contributed by atoms with Crippen molar-refractivity contribution in [1.29, 1.82) is 0 Å². The number of nitrogens with one attached hydrogen (secondary N) is 1. The van der Waals surface area contributed by atoms with Crippen molar-refractivity contribution >= 4 is 0 Å². The van der Waals surface area contributed by atoms with E-state index >= 15 is 0 Å². The Morgan fingerprint density at radius 2 is 2.43 bits per heavy atom. The molecule has 0 spiro atoms. The minimum Gasteiger partial charge on any atom is -0.376 e. The van der Waals surface area contributed by atoms with Crippen LogP contribution in [0.1, 0.15) is 33.1 Å². The molecule has 1 heterocycles. The molecule has 1 aliphatic rings. The van der Waals surface area contributed by atoms with Crippen molar-refractivity contribution in [2.24, 2.45) is 0 Å². The summed E-state index contributed by atoms with van der Waals surface area (Å²) in [6.07, 6.45) is 4.18. The molecule has 14 heavy (non-hydrogen) atoms. The average molecular weight is 201 g/mol. The lowest BCUT2D eigenvalue weighted by Crippen LogP contribution is -2.29. The fourth-order valence-electron chi connectivity index (χ4n) is 1.59. The molecule has 2 atom stereocenters. The molecular formula is C11H23NO2. The first-order chi connectivity index (χ1) is 6.83. The molecule has 2 unspecified atom stereocenters. The van der Waals surface area contributed by atoms with Gasteiger partial charge in [-0.15, -0.1) is 0 Å². The summed E-state index contributed by atoms with van der Waals surface area (Å²) in [5.74, 6) is 0. The summed E-state index contributed by atoms with van der Waals surface area (Å²) in [7, 11) is 0. The van der Waals surface area contributed by atoms with Gasteiger partial charge in [0.2, 0.25) is 0 Å². The molecule has 0 saturated carbocycles. The van der Waals surface area contributed by atoms with Gasteiger partial charge in [-0.2, -0.15) is 0 Å². The highest BCUT2D eigenvalue weighted by atomic mass is 16.5. The molecular weight excluding hydrogens is 178 g/mol. The lowest BCUT2D eigenvalue weighted by molar-refractivity contribution is -0.0131. The molecule has 1 fully saturated rings. The molecule has 1 aliphatic heterocycles. The fraction of sp³-hybridized carbons (Fsp3) is 1.00. The van der Waals surface area contributed by atoms with Crippen molar-refractivity contribution in [3.8, 4) is 0 Å². The smallest absolute Gasteiger partial charge is 0.0809 e. The number of hydrogen-bond donors (Lipinski definition) is 1. The third kappa shape index (κ3) is 4.94. The summed E-state index contributed by atoms with van der Waals surface area (Å²) in [6.45, 7) is 7.97. The van der Waals surface area contributed by atoms with Crippen LogP contribution in [0.2, 0.25) is 0 Å². The van der Waals surface area contributed by atoms with E-state index in [0.29, 0.717) is 12.2 Å². The molecule has 84 valence electrons. The second kappa shape index (κ2) is 7.21. The third-order valence-corrected chi connectivity index (χ3v) is 2.45. The van der Waals surface area contributed by atoms with Gasteiger partial charge in [0.05, 0.1) is 18.8 Å². The zero-order valence-electron chi connectivity index (χ0n) is 9.42. The number of rotatable bonds is 7. The lowest BCUT2D eigenvalue weighted by atomic mass is 10.2. The topological polar surface area (TPSA) is 30.5 Å². The van der Waals surface area contributed by atoms with Crippen LogP contribution in [-0.2, 0) is 9.47 Å². The maximum absolute atomic E-state index is 5.68. The average Bonchev–Trinajstić information content (AvgIpc) is 2.68. The van der Waals surface area contributed by atoms with E-state index in [1.807, 2.05) is 0 Å². The van der Waals surface area contributed by atoms with Gasteiger partial charge in [-0.25, -0.2) is 0 Å². The SMILES string of the molecule is CCCNCC(C)OCC1CCCO1. The standard InChI is InChI=1S/C11H23NO2/c1-3-6-12-8-10(2)14-9-11-5-4-7-13-11/h10-12H,3-9H2,1-2H3. The van der Waals surface area contributed by atoms with Gasteiger partial charge in [0.15, 0.2) is 0 Å². The Morgan fingerprint density at radius 3 is 3.07 bits per heavy atom. The monoisotopic (exact) mass is 201 g/mol. The van der Waals surface area contributed by atoms with Crippen LogP contribution in [0.15, 0.2) is 0 Å². The zero-order chi connectivity index (χ0) is 10.2. The Morgan fingerprint density at radius 1 is 1.57 bits per heavy atom. The molecule has 1 N–H and O–H groups in total. The quantitative estimate of drug-likeness (QED) is 0.634. The minimum absolute atomic E-state index is 0.297. The first-order valence-corrected chi connectivity index (χ1v) is 5.77. The van der Waals surface area contributed by atoms with Crippen LogP contribution in [0.4, 0.5) is 0 Å². The van der Waals surface area contributed by atoms with Gasteiger partial charge in [0, 0.05) is 13.2 Å². The van der Waals surface area contributed by atoms with E-state index in [2.05, 4.69) is 19.2 Å². The highest BCUT2D eigenvalue weighted by Gasteiger charge is 2.16. The lowest BCUT2D eigenvalue weighted by Gasteiger charge is -2.16. The first kappa shape index (κ1) is 12.0. The van der Waals surface area contributed by atoms with Gasteiger partial charge in [-0.1, -0.05) is 6.92 Å². The van der Waals surface area contributed by atoms with E-state index in [9.17, 15) is 0 Å². The molecule has 0 bridgehead atoms. The van der Waals surface area contributed by atoms with Crippen LogP contribution in [0.25, 0.3) is 0 Å².